The van der Waals surface area contributed by atoms with Crippen molar-refractivity contribution in [3.05, 3.63) is 88.5 Å². The van der Waals surface area contributed by atoms with E-state index in [4.69, 9.17) is 9.68 Å². The molecule has 5 heteroatoms. The van der Waals surface area contributed by atoms with Crippen LogP contribution >= 0.6 is 0 Å². The number of rotatable bonds is 11. The Morgan fingerprint density at radius 3 is 1.44 bits per heavy atom. The minimum atomic E-state index is -0.0406. The Balaban J connectivity index is 2.14. The first-order valence-electron chi connectivity index (χ1n) is 12.3. The molecule has 182 valence electrons. The number of hydrogen-bond donors (Lipinski definition) is 1. The van der Waals surface area contributed by atoms with Crippen LogP contribution in [0.25, 0.3) is 0 Å². The predicted molar refractivity (Wildman–Crippen MR) is 139 cm³/mol. The van der Waals surface area contributed by atoms with E-state index < -0.39 is 0 Å². The zero-order chi connectivity index (χ0) is 24.7. The van der Waals surface area contributed by atoms with Gasteiger partial charge < -0.3 is 14.8 Å². The van der Waals surface area contributed by atoms with Gasteiger partial charge in [-0.2, -0.15) is 0 Å². The maximum Gasteiger partial charge on any atom is 0.147 e. The molecule has 3 rings (SSSR count). The van der Waals surface area contributed by atoms with Gasteiger partial charge in [-0.05, 0) is 106 Å². The van der Waals surface area contributed by atoms with E-state index >= 15 is 0 Å². The topological polar surface area (TPSA) is 45.2 Å². The van der Waals surface area contributed by atoms with Gasteiger partial charge in [0, 0.05) is 32.1 Å². The number of hydrogen-bond acceptors (Lipinski definition) is 5. The Labute approximate surface area is 204 Å². The third-order valence-electron chi connectivity index (χ3n) is 6.23. The van der Waals surface area contributed by atoms with Crippen LogP contribution in [0.5, 0.6) is 17.2 Å². The second-order valence-corrected chi connectivity index (χ2v) is 8.47. The fourth-order valence-corrected chi connectivity index (χ4v) is 4.17. The molecule has 0 atom stereocenters. The number of hydroxylamine groups is 4. The maximum atomic E-state index is 9.93. The minimum absolute atomic E-state index is 0.0406. The number of aryl methyl sites for hydroxylation is 2. The Hall–Kier alpha value is -3.02. The molecular formula is C29H38N2O3. The van der Waals surface area contributed by atoms with E-state index in [0.717, 1.165) is 43.2 Å². The fraction of sp³-hybridized carbons (Fsp3) is 0.379. The molecule has 0 saturated carbocycles. The standard InChI is InChI=1S/C29H38N2O3/c1-7-30(8-2)33-25-17-11-21(5)27(19-25)29(23-13-15-24(32)16-14-23)28-20-26(18-12-22(28)6)34-31(9-3)10-4/h11-20,29,32H,7-10H2,1-6H3. The molecule has 0 bridgehead atoms. The third kappa shape index (κ3) is 6.10. The van der Waals surface area contributed by atoms with E-state index in [9.17, 15) is 5.11 Å². The predicted octanol–water partition coefficient (Wildman–Crippen LogP) is 6.46. The highest BCUT2D eigenvalue weighted by Gasteiger charge is 2.23. The van der Waals surface area contributed by atoms with Crippen LogP contribution in [-0.2, 0) is 0 Å². The molecule has 34 heavy (non-hydrogen) atoms. The summed E-state index contributed by atoms with van der Waals surface area (Å²) in [6, 6.07) is 20.1. The lowest BCUT2D eigenvalue weighted by Crippen LogP contribution is -2.27. The third-order valence-corrected chi connectivity index (χ3v) is 6.23. The first kappa shape index (κ1) is 25.6. The minimum Gasteiger partial charge on any atom is -0.508 e. The normalized spacial score (nSPS) is 11.4. The first-order chi connectivity index (χ1) is 16.4. The fourth-order valence-electron chi connectivity index (χ4n) is 4.17. The van der Waals surface area contributed by atoms with E-state index in [1.807, 2.05) is 34.4 Å². The average molecular weight is 463 g/mol. The van der Waals surface area contributed by atoms with Gasteiger partial charge >= 0.3 is 0 Å². The molecule has 0 saturated heterocycles. The molecular weight excluding hydrogens is 424 g/mol. The van der Waals surface area contributed by atoms with Crippen molar-refractivity contribution in [1.82, 2.24) is 10.1 Å². The monoisotopic (exact) mass is 462 g/mol. The maximum absolute atomic E-state index is 9.93. The van der Waals surface area contributed by atoms with Gasteiger partial charge in [-0.1, -0.05) is 24.3 Å². The van der Waals surface area contributed by atoms with Crippen LogP contribution in [-0.4, -0.2) is 41.4 Å². The summed E-state index contributed by atoms with van der Waals surface area (Å²) >= 11 is 0. The first-order valence-corrected chi connectivity index (χ1v) is 12.3. The summed E-state index contributed by atoms with van der Waals surface area (Å²) in [6.45, 7) is 15.9. The quantitative estimate of drug-likeness (QED) is 0.262. The zero-order valence-electron chi connectivity index (χ0n) is 21.3. The highest BCUT2D eigenvalue weighted by Crippen LogP contribution is 2.39. The number of nitrogens with zero attached hydrogens (tertiary/aromatic N) is 2. The van der Waals surface area contributed by atoms with Crippen molar-refractivity contribution in [2.75, 3.05) is 26.2 Å². The van der Waals surface area contributed by atoms with Crippen LogP contribution in [0.2, 0.25) is 0 Å². The van der Waals surface area contributed by atoms with Crippen LogP contribution < -0.4 is 9.68 Å². The molecule has 0 aliphatic carbocycles. The van der Waals surface area contributed by atoms with E-state index in [0.29, 0.717) is 0 Å². The molecule has 0 unspecified atom stereocenters. The Bertz CT molecular complexity index is 994. The average Bonchev–Trinajstić information content (AvgIpc) is 2.85. The van der Waals surface area contributed by atoms with E-state index in [1.54, 1.807) is 12.1 Å². The van der Waals surface area contributed by atoms with Gasteiger partial charge in [0.2, 0.25) is 0 Å². The van der Waals surface area contributed by atoms with Crippen LogP contribution in [0.1, 0.15) is 61.4 Å². The van der Waals surface area contributed by atoms with Gasteiger partial charge in [0.05, 0.1) is 0 Å². The molecule has 0 aromatic heterocycles. The van der Waals surface area contributed by atoms with Gasteiger partial charge in [0.25, 0.3) is 0 Å². The van der Waals surface area contributed by atoms with Gasteiger partial charge in [-0.25, -0.2) is 0 Å². The summed E-state index contributed by atoms with van der Waals surface area (Å²) in [7, 11) is 0. The van der Waals surface area contributed by atoms with Crippen molar-refractivity contribution in [1.29, 1.82) is 0 Å². The molecule has 0 amide bonds. The largest absolute Gasteiger partial charge is 0.508 e. The van der Waals surface area contributed by atoms with Gasteiger partial charge in [-0.15, -0.1) is 10.1 Å². The molecule has 1 N–H and O–H groups in total. The molecule has 0 spiro atoms. The van der Waals surface area contributed by atoms with E-state index in [-0.39, 0.29) is 11.7 Å². The van der Waals surface area contributed by atoms with Crippen LogP contribution in [0.3, 0.4) is 0 Å². The van der Waals surface area contributed by atoms with Crippen LogP contribution in [0.15, 0.2) is 60.7 Å². The molecule has 3 aromatic rings. The Morgan fingerprint density at radius 1 is 0.647 bits per heavy atom. The number of phenols is 1. The Kier molecular flexibility index (Phi) is 8.97. The van der Waals surface area contributed by atoms with Crippen molar-refractivity contribution in [2.45, 2.75) is 47.5 Å². The van der Waals surface area contributed by atoms with Gasteiger partial charge in [0.15, 0.2) is 0 Å². The highest BCUT2D eigenvalue weighted by atomic mass is 16.7. The lowest BCUT2D eigenvalue weighted by atomic mass is 9.81. The number of phenolic OH excluding ortho intramolecular Hbond substituents is 1. The summed E-state index contributed by atoms with van der Waals surface area (Å²) in [6.07, 6.45) is 0. The van der Waals surface area contributed by atoms with Crippen molar-refractivity contribution < 1.29 is 14.8 Å². The molecule has 5 nitrogen and oxygen atoms in total. The summed E-state index contributed by atoms with van der Waals surface area (Å²) < 4.78 is 0. The van der Waals surface area contributed by atoms with Crippen LogP contribution in [0.4, 0.5) is 0 Å². The van der Waals surface area contributed by atoms with Crippen molar-refractivity contribution in [3.8, 4) is 17.2 Å². The Morgan fingerprint density at radius 2 is 1.06 bits per heavy atom. The summed E-state index contributed by atoms with van der Waals surface area (Å²) in [5.74, 6) is 1.86. The van der Waals surface area contributed by atoms with Crippen molar-refractivity contribution in [2.24, 2.45) is 0 Å². The van der Waals surface area contributed by atoms with Gasteiger partial charge in [0.1, 0.15) is 17.2 Å². The lowest BCUT2D eigenvalue weighted by molar-refractivity contribution is -0.0487. The zero-order valence-corrected chi connectivity index (χ0v) is 21.3. The van der Waals surface area contributed by atoms with Crippen molar-refractivity contribution in [3.63, 3.8) is 0 Å². The SMILES string of the molecule is CCN(CC)Oc1ccc(C)c(C(c2ccc(O)cc2)c2cc(ON(CC)CC)ccc2C)c1. The number of aromatic hydroxyl groups is 1. The molecule has 0 radical (unpaired) electrons. The summed E-state index contributed by atoms with van der Waals surface area (Å²) in [5.41, 5.74) is 5.79. The summed E-state index contributed by atoms with van der Waals surface area (Å²) in [4.78, 5) is 12.3. The molecule has 3 aromatic carbocycles. The molecule has 0 aliphatic heterocycles. The second-order valence-electron chi connectivity index (χ2n) is 8.47. The number of benzene rings is 3. The van der Waals surface area contributed by atoms with Gasteiger partial charge in [-0.3, -0.25) is 0 Å². The smallest absolute Gasteiger partial charge is 0.147 e. The molecule has 0 fully saturated rings. The lowest BCUT2D eigenvalue weighted by Gasteiger charge is -2.26. The van der Waals surface area contributed by atoms with E-state index in [2.05, 4.69) is 65.8 Å². The van der Waals surface area contributed by atoms with Crippen LogP contribution in [0, 0.1) is 13.8 Å². The molecule has 0 heterocycles. The summed E-state index contributed by atoms with van der Waals surface area (Å²) in [5, 5.41) is 13.8. The van der Waals surface area contributed by atoms with E-state index in [1.165, 1.54) is 22.3 Å². The molecule has 0 aliphatic rings. The van der Waals surface area contributed by atoms with Crippen molar-refractivity contribution >= 4 is 0 Å². The highest BCUT2D eigenvalue weighted by molar-refractivity contribution is 5.52. The second kappa shape index (κ2) is 11.9.